The summed E-state index contributed by atoms with van der Waals surface area (Å²) in [6, 6.07) is 13.6. The normalized spacial score (nSPS) is 17.8. The lowest BCUT2D eigenvalue weighted by Gasteiger charge is -2.25. The van der Waals surface area contributed by atoms with Gasteiger partial charge in [0, 0.05) is 12.1 Å². The summed E-state index contributed by atoms with van der Waals surface area (Å²) in [5.41, 5.74) is 1.28. The molecule has 170 valence electrons. The van der Waals surface area contributed by atoms with Gasteiger partial charge >= 0.3 is 0 Å². The molecule has 1 saturated heterocycles. The minimum absolute atomic E-state index is 0.0907. The quantitative estimate of drug-likeness (QED) is 0.341. The summed E-state index contributed by atoms with van der Waals surface area (Å²) < 4.78 is 11.3. The third-order valence-corrected chi connectivity index (χ3v) is 5.20. The molecule has 6 nitrogen and oxygen atoms in total. The lowest BCUT2D eigenvalue weighted by molar-refractivity contribution is -0.139. The van der Waals surface area contributed by atoms with Crippen molar-refractivity contribution >= 4 is 17.4 Å². The van der Waals surface area contributed by atoms with E-state index in [2.05, 4.69) is 13.8 Å². The Bertz CT molecular complexity index is 994. The number of hydrogen-bond donors (Lipinski definition) is 1. The number of ether oxygens (including phenoxy) is 2. The molecule has 0 saturated carbocycles. The number of nitrogens with zero attached hydrogens (tertiary/aromatic N) is 1. The number of aliphatic hydroxyl groups is 1. The molecule has 0 aliphatic carbocycles. The van der Waals surface area contributed by atoms with Gasteiger partial charge in [-0.15, -0.1) is 0 Å². The van der Waals surface area contributed by atoms with Crippen LogP contribution in [0.3, 0.4) is 0 Å². The SMILES string of the molecule is CCCN1C(=O)C(=O)/C(=C(\O)c2ccc(OCC(C)C)cc2)C1c1cccc(OCC)c1. The molecule has 0 aromatic heterocycles. The number of Topliss-reactive ketones (excluding diaryl/α,β-unsaturated/α-hetero) is 1. The largest absolute Gasteiger partial charge is 0.507 e. The average molecular weight is 438 g/mol. The van der Waals surface area contributed by atoms with Crippen LogP contribution in [0.1, 0.15) is 51.3 Å². The van der Waals surface area contributed by atoms with Gasteiger partial charge < -0.3 is 19.5 Å². The van der Waals surface area contributed by atoms with Crippen LogP contribution in [0, 0.1) is 5.92 Å². The van der Waals surface area contributed by atoms with Crippen LogP contribution in [-0.2, 0) is 9.59 Å². The van der Waals surface area contributed by atoms with E-state index < -0.39 is 17.7 Å². The summed E-state index contributed by atoms with van der Waals surface area (Å²) in [6.45, 7) is 9.47. The highest BCUT2D eigenvalue weighted by Gasteiger charge is 2.45. The highest BCUT2D eigenvalue weighted by atomic mass is 16.5. The molecule has 0 bridgehead atoms. The van der Waals surface area contributed by atoms with Crippen LogP contribution in [-0.4, -0.2) is 41.5 Å². The van der Waals surface area contributed by atoms with Gasteiger partial charge in [-0.25, -0.2) is 0 Å². The van der Waals surface area contributed by atoms with E-state index in [1.54, 1.807) is 24.3 Å². The van der Waals surface area contributed by atoms with E-state index in [0.717, 1.165) is 5.56 Å². The van der Waals surface area contributed by atoms with Crippen LogP contribution < -0.4 is 9.47 Å². The lowest BCUT2D eigenvalue weighted by Crippen LogP contribution is -2.30. The minimum Gasteiger partial charge on any atom is -0.507 e. The first-order chi connectivity index (χ1) is 15.4. The van der Waals surface area contributed by atoms with Crippen molar-refractivity contribution in [1.82, 2.24) is 4.90 Å². The maximum Gasteiger partial charge on any atom is 0.295 e. The maximum atomic E-state index is 13.0. The Morgan fingerprint density at radius 3 is 2.38 bits per heavy atom. The van der Waals surface area contributed by atoms with Crippen LogP contribution >= 0.6 is 0 Å². The molecule has 1 unspecified atom stereocenters. The molecule has 1 atom stereocenters. The molecule has 1 fully saturated rings. The number of benzene rings is 2. The Morgan fingerprint density at radius 1 is 1.03 bits per heavy atom. The highest BCUT2D eigenvalue weighted by Crippen LogP contribution is 2.40. The summed E-state index contributed by atoms with van der Waals surface area (Å²) in [5.74, 6) is 0.260. The van der Waals surface area contributed by atoms with Crippen LogP contribution in [0.15, 0.2) is 54.1 Å². The van der Waals surface area contributed by atoms with E-state index in [9.17, 15) is 14.7 Å². The Hall–Kier alpha value is -3.28. The van der Waals surface area contributed by atoms with Gasteiger partial charge in [0.2, 0.25) is 0 Å². The number of likely N-dealkylation sites (tertiary alicyclic amines) is 1. The number of rotatable bonds is 9. The predicted molar refractivity (Wildman–Crippen MR) is 124 cm³/mol. The van der Waals surface area contributed by atoms with Gasteiger partial charge in [0.1, 0.15) is 17.3 Å². The summed E-state index contributed by atoms with van der Waals surface area (Å²) in [4.78, 5) is 27.3. The fraction of sp³-hybridized carbons (Fsp3) is 0.385. The second kappa shape index (κ2) is 10.4. The molecule has 3 rings (SSSR count). The molecule has 0 radical (unpaired) electrons. The van der Waals surface area contributed by atoms with Crippen LogP contribution in [0.25, 0.3) is 5.76 Å². The second-order valence-corrected chi connectivity index (χ2v) is 8.23. The predicted octanol–water partition coefficient (Wildman–Crippen LogP) is 4.95. The van der Waals surface area contributed by atoms with E-state index in [1.165, 1.54) is 4.90 Å². The molecular weight excluding hydrogens is 406 g/mol. The van der Waals surface area contributed by atoms with Gasteiger partial charge in [0.25, 0.3) is 11.7 Å². The van der Waals surface area contributed by atoms with Gasteiger partial charge in [-0.3, -0.25) is 9.59 Å². The Balaban J connectivity index is 2.04. The van der Waals surface area contributed by atoms with Crippen molar-refractivity contribution in [2.45, 2.75) is 40.2 Å². The first-order valence-corrected chi connectivity index (χ1v) is 11.1. The number of hydrogen-bond acceptors (Lipinski definition) is 5. The van der Waals surface area contributed by atoms with E-state index in [0.29, 0.717) is 49.2 Å². The Labute approximate surface area is 189 Å². The molecule has 2 aromatic carbocycles. The van der Waals surface area contributed by atoms with Gasteiger partial charge in [-0.2, -0.15) is 0 Å². The van der Waals surface area contributed by atoms with Crippen molar-refractivity contribution in [1.29, 1.82) is 0 Å². The summed E-state index contributed by atoms with van der Waals surface area (Å²) in [6.07, 6.45) is 0.691. The van der Waals surface area contributed by atoms with Crippen molar-refractivity contribution in [3.8, 4) is 11.5 Å². The average Bonchev–Trinajstić information content (AvgIpc) is 3.03. The van der Waals surface area contributed by atoms with Crippen LogP contribution in [0.2, 0.25) is 0 Å². The van der Waals surface area contributed by atoms with Crippen molar-refractivity contribution in [2.75, 3.05) is 19.8 Å². The molecule has 1 aliphatic heterocycles. The summed E-state index contributed by atoms with van der Waals surface area (Å²) in [5, 5.41) is 11.1. The van der Waals surface area contributed by atoms with Crippen molar-refractivity contribution in [3.63, 3.8) is 0 Å². The summed E-state index contributed by atoms with van der Waals surface area (Å²) >= 11 is 0. The zero-order valence-electron chi connectivity index (χ0n) is 19.1. The number of amides is 1. The molecule has 2 aromatic rings. The van der Waals surface area contributed by atoms with Gasteiger partial charge in [-0.1, -0.05) is 32.9 Å². The minimum atomic E-state index is -0.678. The number of carbonyl (C=O) groups excluding carboxylic acids is 2. The monoisotopic (exact) mass is 437 g/mol. The van der Waals surface area contributed by atoms with E-state index >= 15 is 0 Å². The highest BCUT2D eigenvalue weighted by molar-refractivity contribution is 6.46. The number of ketones is 1. The van der Waals surface area contributed by atoms with Crippen molar-refractivity contribution < 1.29 is 24.2 Å². The molecule has 6 heteroatoms. The second-order valence-electron chi connectivity index (χ2n) is 8.23. The third-order valence-electron chi connectivity index (χ3n) is 5.20. The van der Waals surface area contributed by atoms with E-state index in [4.69, 9.17) is 9.47 Å². The zero-order valence-corrected chi connectivity index (χ0v) is 19.1. The zero-order chi connectivity index (χ0) is 23.3. The molecule has 32 heavy (non-hydrogen) atoms. The molecule has 0 spiro atoms. The van der Waals surface area contributed by atoms with Crippen molar-refractivity contribution in [2.24, 2.45) is 5.92 Å². The fourth-order valence-electron chi connectivity index (χ4n) is 3.77. The Morgan fingerprint density at radius 2 is 1.75 bits per heavy atom. The maximum absolute atomic E-state index is 13.0. The topological polar surface area (TPSA) is 76.1 Å². The molecule has 1 aliphatic rings. The number of aliphatic hydroxyl groups excluding tert-OH is 1. The van der Waals surface area contributed by atoms with Crippen LogP contribution in [0.4, 0.5) is 0 Å². The van der Waals surface area contributed by atoms with E-state index in [-0.39, 0.29) is 11.3 Å². The van der Waals surface area contributed by atoms with E-state index in [1.807, 2.05) is 38.1 Å². The molecule has 1 amide bonds. The molecule has 1 heterocycles. The fourth-order valence-corrected chi connectivity index (χ4v) is 3.77. The molecular formula is C26H31NO5. The lowest BCUT2D eigenvalue weighted by atomic mass is 9.95. The smallest absolute Gasteiger partial charge is 0.295 e. The standard InChI is InChI=1S/C26H31NO5/c1-5-14-27-23(19-8-7-9-21(15-19)31-6-2)22(25(29)26(27)30)24(28)18-10-12-20(13-11-18)32-16-17(3)4/h7-13,15,17,23,28H,5-6,14,16H2,1-4H3/b24-22-. The number of carbonyl (C=O) groups is 2. The molecule has 1 N–H and O–H groups in total. The third kappa shape index (κ3) is 4.96. The van der Waals surface area contributed by atoms with Crippen LogP contribution in [0.5, 0.6) is 11.5 Å². The summed E-state index contributed by atoms with van der Waals surface area (Å²) in [7, 11) is 0. The first kappa shape index (κ1) is 23.4. The Kier molecular flexibility index (Phi) is 7.57. The van der Waals surface area contributed by atoms with Gasteiger partial charge in [-0.05, 0) is 61.2 Å². The van der Waals surface area contributed by atoms with Gasteiger partial charge in [0.05, 0.1) is 24.8 Å². The first-order valence-electron chi connectivity index (χ1n) is 11.1. The van der Waals surface area contributed by atoms with Crippen molar-refractivity contribution in [3.05, 3.63) is 65.2 Å². The van der Waals surface area contributed by atoms with Gasteiger partial charge in [0.15, 0.2) is 0 Å².